The molecule has 7 rings (SSSR count). The minimum atomic E-state index is 0. The molecule has 0 atom stereocenters. The zero-order chi connectivity index (χ0) is 55.9. The first kappa shape index (κ1) is 66.5. The van der Waals surface area contributed by atoms with Gasteiger partial charge in [0.05, 0.1) is 0 Å². The van der Waals surface area contributed by atoms with Crippen LogP contribution in [0.15, 0.2) is 164 Å². The van der Waals surface area contributed by atoms with Crippen molar-refractivity contribution in [1.82, 2.24) is 0 Å². The van der Waals surface area contributed by atoms with Gasteiger partial charge in [-0.3, -0.25) is 0 Å². The molecule has 0 bridgehead atoms. The Kier molecular flexibility index (Phi) is 29.3. The van der Waals surface area contributed by atoms with Gasteiger partial charge in [0.2, 0.25) is 0 Å². The Balaban J connectivity index is 0.000000329. The largest absolute Gasteiger partial charge is 0.457 e. The molecular formula is C75H106O. The van der Waals surface area contributed by atoms with Gasteiger partial charge >= 0.3 is 0 Å². The van der Waals surface area contributed by atoms with Crippen molar-refractivity contribution in [3.63, 3.8) is 0 Å². The molecule has 0 saturated carbocycles. The van der Waals surface area contributed by atoms with Crippen molar-refractivity contribution in [3.8, 4) is 11.5 Å². The summed E-state index contributed by atoms with van der Waals surface area (Å²) >= 11 is 0. The number of hydrogen-bond donors (Lipinski definition) is 0. The fourth-order valence-corrected chi connectivity index (χ4v) is 8.44. The summed E-state index contributed by atoms with van der Waals surface area (Å²) in [6.07, 6.45) is 1.02. The zero-order valence-electron chi connectivity index (χ0n) is 51.0. The molecule has 0 saturated heterocycles. The van der Waals surface area contributed by atoms with Gasteiger partial charge in [-0.25, -0.2) is 0 Å². The predicted molar refractivity (Wildman–Crippen MR) is 340 cm³/mol. The molecule has 0 spiro atoms. The summed E-state index contributed by atoms with van der Waals surface area (Å²) in [5.41, 5.74) is 18.4. The fraction of sp³-hybridized carbons (Fsp3) is 0.440. The summed E-state index contributed by atoms with van der Waals surface area (Å²) in [4.78, 5) is 0. The quantitative estimate of drug-likeness (QED) is 0.105. The number of aryl methyl sites for hydroxylation is 1. The van der Waals surface area contributed by atoms with E-state index in [-0.39, 0.29) is 7.43 Å². The number of benzene rings is 7. The summed E-state index contributed by atoms with van der Waals surface area (Å²) in [6, 6.07) is 59.3. The van der Waals surface area contributed by atoms with E-state index in [4.69, 9.17) is 4.74 Å². The number of hydrogen-bond acceptors (Lipinski definition) is 1. The van der Waals surface area contributed by atoms with E-state index in [2.05, 4.69) is 285 Å². The predicted octanol–water partition coefficient (Wildman–Crippen LogP) is 24.0. The average Bonchev–Trinajstić information content (AvgIpc) is 3.37. The summed E-state index contributed by atoms with van der Waals surface area (Å²) in [5, 5.41) is 0. The molecule has 0 amide bonds. The van der Waals surface area contributed by atoms with E-state index < -0.39 is 0 Å². The average molecular weight is 1020 g/mol. The summed E-state index contributed by atoms with van der Waals surface area (Å²) in [7, 11) is 0. The second-order valence-corrected chi connectivity index (χ2v) is 23.9. The summed E-state index contributed by atoms with van der Waals surface area (Å²) in [5.74, 6) is 7.96. The van der Waals surface area contributed by atoms with Crippen LogP contribution in [0, 0.1) is 6.92 Å². The van der Waals surface area contributed by atoms with Gasteiger partial charge in [0.1, 0.15) is 11.5 Å². The van der Waals surface area contributed by atoms with Crippen LogP contribution in [-0.4, -0.2) is 0 Å². The molecule has 0 heterocycles. The van der Waals surface area contributed by atoms with Gasteiger partial charge < -0.3 is 4.74 Å². The molecular weight excluding hydrogens is 917 g/mol. The second kappa shape index (κ2) is 33.5. The molecule has 1 nitrogen and oxygen atoms in total. The lowest BCUT2D eigenvalue weighted by molar-refractivity contribution is 0.482. The minimum absolute atomic E-state index is 0. The van der Waals surface area contributed by atoms with Crippen molar-refractivity contribution >= 4 is 0 Å². The highest BCUT2D eigenvalue weighted by molar-refractivity contribution is 5.37. The molecule has 7 aromatic rings. The molecule has 0 aliphatic heterocycles. The smallest absolute Gasteiger partial charge is 0.127 e. The third-order valence-corrected chi connectivity index (χ3v) is 14.1. The van der Waals surface area contributed by atoms with E-state index in [0.29, 0.717) is 59.2 Å². The fourth-order valence-electron chi connectivity index (χ4n) is 8.44. The van der Waals surface area contributed by atoms with Gasteiger partial charge in [-0.2, -0.15) is 0 Å². The van der Waals surface area contributed by atoms with Crippen molar-refractivity contribution in [3.05, 3.63) is 236 Å². The van der Waals surface area contributed by atoms with Crippen LogP contribution in [0.1, 0.15) is 277 Å². The van der Waals surface area contributed by atoms with Gasteiger partial charge in [0.25, 0.3) is 0 Å². The molecule has 1 heteroatoms. The van der Waals surface area contributed by atoms with Crippen molar-refractivity contribution in [2.45, 2.75) is 218 Å². The van der Waals surface area contributed by atoms with Crippen molar-refractivity contribution < 1.29 is 4.74 Å². The van der Waals surface area contributed by atoms with Crippen LogP contribution in [0.3, 0.4) is 0 Å². The van der Waals surface area contributed by atoms with Crippen LogP contribution < -0.4 is 4.74 Å². The Morgan fingerprint density at radius 3 is 0.763 bits per heavy atom. The second-order valence-electron chi connectivity index (χ2n) is 23.9. The third kappa shape index (κ3) is 23.3. The molecule has 0 unspecified atom stereocenters. The van der Waals surface area contributed by atoms with Crippen molar-refractivity contribution in [2.24, 2.45) is 0 Å². The van der Waals surface area contributed by atoms with E-state index >= 15 is 0 Å². The number of ether oxygens (including phenoxy) is 1. The van der Waals surface area contributed by atoms with Crippen LogP contribution in [0.25, 0.3) is 0 Å². The molecule has 412 valence electrons. The maximum atomic E-state index is 5.85. The van der Waals surface area contributed by atoms with Gasteiger partial charge in [-0.15, -0.1) is 0 Å². The van der Waals surface area contributed by atoms with Crippen LogP contribution in [0.4, 0.5) is 0 Å². The maximum absolute atomic E-state index is 5.85. The first-order valence-corrected chi connectivity index (χ1v) is 28.7. The highest BCUT2D eigenvalue weighted by Gasteiger charge is 2.08. The molecule has 76 heavy (non-hydrogen) atoms. The number of rotatable bonds is 14. The van der Waals surface area contributed by atoms with E-state index in [1.165, 1.54) is 72.3 Å². The molecule has 0 aliphatic rings. The third-order valence-electron chi connectivity index (χ3n) is 14.1. The first-order chi connectivity index (χ1) is 35.4. The Morgan fingerprint density at radius 2 is 0.500 bits per heavy atom. The van der Waals surface area contributed by atoms with E-state index in [1.54, 1.807) is 0 Å². The molecule has 0 fully saturated rings. The van der Waals surface area contributed by atoms with Crippen LogP contribution >= 0.6 is 0 Å². The van der Waals surface area contributed by atoms with Crippen molar-refractivity contribution in [2.75, 3.05) is 0 Å². The van der Waals surface area contributed by atoms with Gasteiger partial charge in [0.15, 0.2) is 0 Å². The standard InChI is InChI=1S/C19H24.C18H22O.C13H20.2C12H18.CH4/c1-14(2)18-9-5-16(6-10-18)13-17-7-11-19(12-8-17)15(3)4;1-13(2)15-5-9-17(10-6-15)19-18-11-7-16(8-12-18)14(3)4;1-9(2)12-7-6-11(5)13(8-12)10(3)4;1-9(2)11-5-7-12(8-6-11)10(3)4;1-9(2)11-6-5-7-12(8-11)10(3)4;/h5-12,14-15H,13H2,1-4H3;5-14H,1-4H3;6-10H,1-5H3;2*5-10H,1-4H3;1H4. The first-order valence-electron chi connectivity index (χ1n) is 28.7. The lowest BCUT2D eigenvalue weighted by atomic mass is 9.92. The summed E-state index contributed by atoms with van der Waals surface area (Å²) in [6.45, 7) is 46.8. The van der Waals surface area contributed by atoms with Gasteiger partial charge in [-0.1, -0.05) is 285 Å². The van der Waals surface area contributed by atoms with E-state index in [0.717, 1.165) is 17.9 Å². The lowest BCUT2D eigenvalue weighted by Gasteiger charge is -2.13. The highest BCUT2D eigenvalue weighted by atomic mass is 16.5. The Bertz CT molecular complexity index is 2360. The molecule has 7 aromatic carbocycles. The monoisotopic (exact) mass is 1020 g/mol. The van der Waals surface area contributed by atoms with Gasteiger partial charge in [-0.05, 0) is 169 Å². The molecule has 0 N–H and O–H groups in total. The molecule has 0 aromatic heterocycles. The summed E-state index contributed by atoms with van der Waals surface area (Å²) < 4.78 is 5.85. The Morgan fingerprint density at radius 1 is 0.263 bits per heavy atom. The minimum Gasteiger partial charge on any atom is -0.457 e. The lowest BCUT2D eigenvalue weighted by Crippen LogP contribution is -1.95. The van der Waals surface area contributed by atoms with Crippen LogP contribution in [-0.2, 0) is 6.42 Å². The van der Waals surface area contributed by atoms with Crippen LogP contribution in [0.2, 0.25) is 0 Å². The SMILES string of the molecule is C.CC(C)c1ccc(C(C)C)cc1.CC(C)c1ccc(Cc2ccc(C(C)C)cc2)cc1.CC(C)c1ccc(Oc2ccc(C(C)C)cc2)cc1.CC(C)c1cccc(C(C)C)c1.Cc1ccc(C(C)C)cc1C(C)C. The van der Waals surface area contributed by atoms with Gasteiger partial charge in [0, 0.05) is 0 Å². The normalized spacial score (nSPS) is 11.0. The maximum Gasteiger partial charge on any atom is 0.127 e. The molecule has 0 radical (unpaired) electrons. The molecule has 0 aliphatic carbocycles. The topological polar surface area (TPSA) is 9.23 Å². The zero-order valence-corrected chi connectivity index (χ0v) is 51.0. The Labute approximate surface area is 468 Å². The van der Waals surface area contributed by atoms with E-state index in [1.807, 2.05) is 24.3 Å². The van der Waals surface area contributed by atoms with Crippen LogP contribution in [0.5, 0.6) is 11.5 Å². The van der Waals surface area contributed by atoms with E-state index in [9.17, 15) is 0 Å². The highest BCUT2D eigenvalue weighted by Crippen LogP contribution is 2.28. The van der Waals surface area contributed by atoms with Crippen molar-refractivity contribution in [1.29, 1.82) is 0 Å². The Hall–Kier alpha value is -5.66.